The molecule has 0 aromatic heterocycles. The van der Waals surface area contributed by atoms with E-state index in [1.165, 1.54) is 0 Å². The molecule has 0 radical (unpaired) electrons. The summed E-state index contributed by atoms with van der Waals surface area (Å²) in [6.45, 7) is 1.25. The van der Waals surface area contributed by atoms with Gasteiger partial charge < -0.3 is 24.4 Å². The fraction of sp³-hybridized carbons (Fsp3) is 0.350. The zero-order valence-corrected chi connectivity index (χ0v) is 16.1. The summed E-state index contributed by atoms with van der Waals surface area (Å²) in [6.07, 6.45) is 0. The Morgan fingerprint density at radius 1 is 0.923 bits per heavy atom. The molecule has 2 aromatic carbocycles. The second-order valence-corrected chi connectivity index (χ2v) is 5.72. The van der Waals surface area contributed by atoms with Gasteiger partial charge in [0.25, 0.3) is 0 Å². The zero-order valence-electron chi connectivity index (χ0n) is 16.1. The molecule has 0 aliphatic carbocycles. The van der Waals surface area contributed by atoms with Crippen molar-refractivity contribution < 1.29 is 14.2 Å². The number of nitrogens with one attached hydrogen (secondary N) is 1. The lowest BCUT2D eigenvalue weighted by molar-refractivity contribution is 0.351. The van der Waals surface area contributed by atoms with E-state index >= 15 is 0 Å². The largest absolute Gasteiger partial charge is 0.496 e. The second-order valence-electron chi connectivity index (χ2n) is 5.72. The van der Waals surface area contributed by atoms with E-state index < -0.39 is 0 Å². The Labute approximate surface area is 155 Å². The number of aliphatic imine (C=N–C) groups is 1. The molecule has 0 aliphatic heterocycles. The van der Waals surface area contributed by atoms with Crippen molar-refractivity contribution in [3.63, 3.8) is 0 Å². The third kappa shape index (κ3) is 4.59. The molecule has 0 aliphatic rings. The van der Waals surface area contributed by atoms with Gasteiger partial charge in [-0.15, -0.1) is 0 Å². The van der Waals surface area contributed by atoms with Crippen molar-refractivity contribution in [2.75, 3.05) is 35.4 Å². The number of para-hydroxylation sites is 2. The Morgan fingerprint density at radius 2 is 1.58 bits per heavy atom. The van der Waals surface area contributed by atoms with Gasteiger partial charge in [-0.3, -0.25) is 4.99 Å². The van der Waals surface area contributed by atoms with Crippen LogP contribution < -0.4 is 19.5 Å². The van der Waals surface area contributed by atoms with Gasteiger partial charge in [0.05, 0.1) is 21.3 Å². The van der Waals surface area contributed by atoms with Crippen LogP contribution in [0.4, 0.5) is 0 Å². The fourth-order valence-electron chi connectivity index (χ4n) is 2.82. The summed E-state index contributed by atoms with van der Waals surface area (Å²) in [5.41, 5.74) is 2.10. The number of benzene rings is 2. The molecule has 6 heteroatoms. The molecule has 140 valence electrons. The van der Waals surface area contributed by atoms with Crippen molar-refractivity contribution in [3.8, 4) is 17.2 Å². The number of methoxy groups -OCH3 is 3. The second kappa shape index (κ2) is 9.56. The molecule has 0 saturated heterocycles. The highest BCUT2D eigenvalue weighted by Gasteiger charge is 2.13. The Bertz CT molecular complexity index is 747. The molecule has 0 saturated carbocycles. The smallest absolute Gasteiger partial charge is 0.193 e. The van der Waals surface area contributed by atoms with E-state index in [4.69, 9.17) is 14.2 Å². The van der Waals surface area contributed by atoms with Crippen molar-refractivity contribution in [3.05, 3.63) is 53.6 Å². The summed E-state index contributed by atoms with van der Waals surface area (Å²) in [4.78, 5) is 6.42. The Balaban J connectivity index is 2.08. The highest BCUT2D eigenvalue weighted by molar-refractivity contribution is 5.79. The number of hydrogen-bond donors (Lipinski definition) is 1. The predicted molar refractivity (Wildman–Crippen MR) is 104 cm³/mol. The first kappa shape index (κ1) is 19.4. The molecule has 6 nitrogen and oxygen atoms in total. The molecule has 0 atom stereocenters. The van der Waals surface area contributed by atoms with Crippen molar-refractivity contribution in [1.29, 1.82) is 0 Å². The number of hydrogen-bond acceptors (Lipinski definition) is 4. The molecule has 0 fully saturated rings. The van der Waals surface area contributed by atoms with E-state index in [2.05, 4.69) is 10.3 Å². The summed E-state index contributed by atoms with van der Waals surface area (Å²) in [7, 11) is 8.72. The minimum atomic E-state index is 0.573. The molecule has 26 heavy (non-hydrogen) atoms. The van der Waals surface area contributed by atoms with Crippen LogP contribution in [-0.4, -0.2) is 46.3 Å². The molecular weight excluding hydrogens is 330 g/mol. The quantitative estimate of drug-likeness (QED) is 0.610. The van der Waals surface area contributed by atoms with Crippen LogP contribution in [0, 0.1) is 0 Å². The third-order valence-corrected chi connectivity index (χ3v) is 4.09. The zero-order chi connectivity index (χ0) is 18.9. The number of rotatable bonds is 7. The normalized spacial score (nSPS) is 11.0. The van der Waals surface area contributed by atoms with Gasteiger partial charge in [-0.2, -0.15) is 0 Å². The minimum Gasteiger partial charge on any atom is -0.496 e. The number of guanidine groups is 1. The van der Waals surface area contributed by atoms with E-state index in [0.717, 1.165) is 28.6 Å². The molecule has 2 aromatic rings. The van der Waals surface area contributed by atoms with Gasteiger partial charge in [-0.1, -0.05) is 30.3 Å². The Hall–Kier alpha value is -2.89. The maximum Gasteiger partial charge on any atom is 0.193 e. The third-order valence-electron chi connectivity index (χ3n) is 4.09. The Kier molecular flexibility index (Phi) is 7.14. The molecule has 0 spiro atoms. The highest BCUT2D eigenvalue weighted by Crippen LogP contribution is 2.30. The lowest BCUT2D eigenvalue weighted by Crippen LogP contribution is -2.38. The van der Waals surface area contributed by atoms with Crippen LogP contribution in [0.25, 0.3) is 0 Å². The van der Waals surface area contributed by atoms with Gasteiger partial charge in [0.1, 0.15) is 5.75 Å². The van der Waals surface area contributed by atoms with Gasteiger partial charge in [0.15, 0.2) is 17.5 Å². The number of ether oxygens (including phenoxy) is 3. The molecule has 0 bridgehead atoms. The summed E-state index contributed by atoms with van der Waals surface area (Å²) < 4.78 is 16.3. The van der Waals surface area contributed by atoms with Crippen molar-refractivity contribution in [1.82, 2.24) is 10.2 Å². The standard InChI is InChI=1S/C20H27N3O3/c1-21-20(23(2)14-16-9-6-7-11-17(16)24-3)22-13-15-10-8-12-18(25-4)19(15)26-5/h6-12H,13-14H2,1-5H3,(H,21,22). The minimum absolute atomic E-state index is 0.573. The van der Waals surface area contributed by atoms with Gasteiger partial charge in [-0.05, 0) is 12.1 Å². The molecule has 2 rings (SSSR count). The first-order valence-corrected chi connectivity index (χ1v) is 8.38. The van der Waals surface area contributed by atoms with Crippen molar-refractivity contribution in [2.24, 2.45) is 4.99 Å². The van der Waals surface area contributed by atoms with Crippen molar-refractivity contribution in [2.45, 2.75) is 13.1 Å². The highest BCUT2D eigenvalue weighted by atomic mass is 16.5. The number of nitrogens with zero attached hydrogens (tertiary/aromatic N) is 2. The molecular formula is C20H27N3O3. The lowest BCUT2D eigenvalue weighted by Gasteiger charge is -2.23. The average Bonchev–Trinajstić information content (AvgIpc) is 2.68. The predicted octanol–water partition coefficient (Wildman–Crippen LogP) is 2.92. The fourth-order valence-corrected chi connectivity index (χ4v) is 2.82. The van der Waals surface area contributed by atoms with Gasteiger partial charge in [0, 0.05) is 38.3 Å². The summed E-state index contributed by atoms with van der Waals surface area (Å²) >= 11 is 0. The Morgan fingerprint density at radius 3 is 2.23 bits per heavy atom. The summed E-state index contributed by atoms with van der Waals surface area (Å²) in [5.74, 6) is 3.08. The van der Waals surface area contributed by atoms with E-state index in [1.54, 1.807) is 28.4 Å². The molecule has 0 amide bonds. The lowest BCUT2D eigenvalue weighted by atomic mass is 10.2. The van der Waals surface area contributed by atoms with Crippen LogP contribution in [0.1, 0.15) is 11.1 Å². The van der Waals surface area contributed by atoms with Crippen molar-refractivity contribution >= 4 is 5.96 Å². The monoisotopic (exact) mass is 357 g/mol. The van der Waals surface area contributed by atoms with Gasteiger partial charge in [0.2, 0.25) is 0 Å². The molecule has 1 N–H and O–H groups in total. The SMILES string of the molecule is CN=C(NCc1cccc(OC)c1OC)N(C)Cc1ccccc1OC. The molecule has 0 unspecified atom stereocenters. The van der Waals surface area contributed by atoms with Crippen LogP contribution in [0.2, 0.25) is 0 Å². The first-order valence-electron chi connectivity index (χ1n) is 8.38. The summed E-state index contributed by atoms with van der Waals surface area (Å²) in [5, 5.41) is 3.37. The van der Waals surface area contributed by atoms with Crippen LogP contribution >= 0.6 is 0 Å². The topological polar surface area (TPSA) is 55.3 Å². The van der Waals surface area contributed by atoms with E-state index in [9.17, 15) is 0 Å². The van der Waals surface area contributed by atoms with Crippen LogP contribution in [-0.2, 0) is 13.1 Å². The molecule has 0 heterocycles. The van der Waals surface area contributed by atoms with E-state index in [1.807, 2.05) is 54.4 Å². The van der Waals surface area contributed by atoms with Crippen LogP contribution in [0.5, 0.6) is 17.2 Å². The van der Waals surface area contributed by atoms with E-state index in [0.29, 0.717) is 18.8 Å². The van der Waals surface area contributed by atoms with Crippen LogP contribution in [0.15, 0.2) is 47.5 Å². The summed E-state index contributed by atoms with van der Waals surface area (Å²) in [6, 6.07) is 13.8. The van der Waals surface area contributed by atoms with Gasteiger partial charge >= 0.3 is 0 Å². The van der Waals surface area contributed by atoms with E-state index in [-0.39, 0.29) is 0 Å². The average molecular weight is 357 g/mol. The maximum atomic E-state index is 5.48. The van der Waals surface area contributed by atoms with Crippen LogP contribution in [0.3, 0.4) is 0 Å². The first-order chi connectivity index (χ1) is 12.6. The van der Waals surface area contributed by atoms with Gasteiger partial charge in [-0.25, -0.2) is 0 Å². The maximum absolute atomic E-state index is 5.48.